The SMILES string of the molecule is CC(CC1CC1)NCCC(=O)NC(C)(C)C. The normalized spacial score (nSPS) is 18.2. The van der Waals surface area contributed by atoms with Crippen molar-refractivity contribution in [1.29, 1.82) is 0 Å². The van der Waals surface area contributed by atoms with Gasteiger partial charge in [0.05, 0.1) is 0 Å². The van der Waals surface area contributed by atoms with Crippen LogP contribution in [-0.4, -0.2) is 24.0 Å². The van der Waals surface area contributed by atoms with Crippen molar-refractivity contribution in [3.05, 3.63) is 0 Å². The molecule has 0 radical (unpaired) electrons. The van der Waals surface area contributed by atoms with Crippen LogP contribution in [-0.2, 0) is 4.79 Å². The van der Waals surface area contributed by atoms with Crippen LogP contribution in [0.3, 0.4) is 0 Å². The van der Waals surface area contributed by atoms with Gasteiger partial charge in [0.2, 0.25) is 5.91 Å². The highest BCUT2D eigenvalue weighted by Crippen LogP contribution is 2.33. The zero-order chi connectivity index (χ0) is 12.2. The summed E-state index contributed by atoms with van der Waals surface area (Å²) in [6.45, 7) is 9.02. The van der Waals surface area contributed by atoms with E-state index < -0.39 is 0 Å². The second-order valence-corrected chi connectivity index (χ2v) is 6.08. The lowest BCUT2D eigenvalue weighted by Gasteiger charge is -2.21. The van der Waals surface area contributed by atoms with E-state index in [1.165, 1.54) is 19.3 Å². The van der Waals surface area contributed by atoms with E-state index in [2.05, 4.69) is 17.6 Å². The fourth-order valence-corrected chi connectivity index (χ4v) is 1.85. The van der Waals surface area contributed by atoms with Gasteiger partial charge in [-0.2, -0.15) is 0 Å². The minimum absolute atomic E-state index is 0.114. The van der Waals surface area contributed by atoms with Crippen LogP contribution in [0.15, 0.2) is 0 Å². The Morgan fingerprint density at radius 2 is 2.00 bits per heavy atom. The van der Waals surface area contributed by atoms with Gasteiger partial charge in [0.1, 0.15) is 0 Å². The summed E-state index contributed by atoms with van der Waals surface area (Å²) in [5, 5.41) is 6.38. The molecular formula is C13H26N2O. The number of carbonyl (C=O) groups is 1. The largest absolute Gasteiger partial charge is 0.351 e. The summed E-state index contributed by atoms with van der Waals surface area (Å²) in [5.41, 5.74) is -0.114. The fraction of sp³-hybridized carbons (Fsp3) is 0.923. The van der Waals surface area contributed by atoms with Crippen LogP contribution in [0.1, 0.15) is 53.4 Å². The van der Waals surface area contributed by atoms with Crippen LogP contribution in [0.4, 0.5) is 0 Å². The second kappa shape index (κ2) is 5.67. The van der Waals surface area contributed by atoms with Gasteiger partial charge in [-0.15, -0.1) is 0 Å². The van der Waals surface area contributed by atoms with Gasteiger partial charge in [-0.1, -0.05) is 12.8 Å². The Morgan fingerprint density at radius 3 is 2.50 bits per heavy atom. The molecule has 0 aromatic heterocycles. The Morgan fingerprint density at radius 1 is 1.38 bits per heavy atom. The average molecular weight is 226 g/mol. The van der Waals surface area contributed by atoms with Crippen LogP contribution in [0.25, 0.3) is 0 Å². The molecule has 1 amide bonds. The number of amides is 1. The zero-order valence-corrected chi connectivity index (χ0v) is 11.1. The summed E-state index contributed by atoms with van der Waals surface area (Å²) in [6, 6.07) is 0.551. The highest BCUT2D eigenvalue weighted by Gasteiger charge is 2.23. The van der Waals surface area contributed by atoms with Crippen molar-refractivity contribution in [2.24, 2.45) is 5.92 Å². The first-order valence-electron chi connectivity index (χ1n) is 6.41. The Bertz CT molecular complexity index is 229. The summed E-state index contributed by atoms with van der Waals surface area (Å²) in [6.07, 6.45) is 4.64. The molecule has 1 rings (SSSR count). The van der Waals surface area contributed by atoms with E-state index in [1.54, 1.807) is 0 Å². The van der Waals surface area contributed by atoms with Gasteiger partial charge in [0.15, 0.2) is 0 Å². The van der Waals surface area contributed by atoms with Gasteiger partial charge in [-0.05, 0) is 40.0 Å². The molecule has 2 N–H and O–H groups in total. The van der Waals surface area contributed by atoms with Crippen LogP contribution < -0.4 is 10.6 Å². The highest BCUT2D eigenvalue weighted by molar-refractivity contribution is 5.76. The van der Waals surface area contributed by atoms with E-state index in [0.29, 0.717) is 12.5 Å². The molecule has 94 valence electrons. The van der Waals surface area contributed by atoms with Gasteiger partial charge in [0, 0.05) is 24.5 Å². The van der Waals surface area contributed by atoms with Crippen molar-refractivity contribution in [2.45, 2.75) is 65.0 Å². The maximum atomic E-state index is 11.5. The van der Waals surface area contributed by atoms with E-state index in [1.807, 2.05) is 20.8 Å². The quantitative estimate of drug-likeness (QED) is 0.728. The molecule has 0 spiro atoms. The fourth-order valence-electron chi connectivity index (χ4n) is 1.85. The van der Waals surface area contributed by atoms with E-state index in [-0.39, 0.29) is 11.4 Å². The third-order valence-electron chi connectivity index (χ3n) is 2.74. The van der Waals surface area contributed by atoms with E-state index in [4.69, 9.17) is 0 Å². The lowest BCUT2D eigenvalue weighted by molar-refractivity contribution is -0.122. The molecule has 1 saturated carbocycles. The molecule has 1 unspecified atom stereocenters. The third-order valence-corrected chi connectivity index (χ3v) is 2.74. The lowest BCUT2D eigenvalue weighted by atomic mass is 10.1. The van der Waals surface area contributed by atoms with Crippen molar-refractivity contribution in [2.75, 3.05) is 6.54 Å². The minimum atomic E-state index is -0.114. The van der Waals surface area contributed by atoms with Crippen molar-refractivity contribution in [3.63, 3.8) is 0 Å². The van der Waals surface area contributed by atoms with E-state index in [9.17, 15) is 4.79 Å². The van der Waals surface area contributed by atoms with Crippen molar-refractivity contribution >= 4 is 5.91 Å². The van der Waals surface area contributed by atoms with Gasteiger partial charge < -0.3 is 10.6 Å². The molecule has 0 saturated heterocycles. The summed E-state index contributed by atoms with van der Waals surface area (Å²) < 4.78 is 0. The standard InChI is InChI=1S/C13H26N2O/c1-10(9-11-5-6-11)14-8-7-12(16)15-13(2,3)4/h10-11,14H,5-9H2,1-4H3,(H,15,16). The average Bonchev–Trinajstić information content (AvgIpc) is 2.84. The Balaban J connectivity index is 2.02. The van der Waals surface area contributed by atoms with E-state index in [0.717, 1.165) is 12.5 Å². The lowest BCUT2D eigenvalue weighted by Crippen LogP contribution is -2.42. The van der Waals surface area contributed by atoms with Gasteiger partial charge >= 0.3 is 0 Å². The summed E-state index contributed by atoms with van der Waals surface area (Å²) >= 11 is 0. The Kier molecular flexibility index (Phi) is 4.78. The highest BCUT2D eigenvalue weighted by atomic mass is 16.1. The third kappa shape index (κ3) is 6.83. The van der Waals surface area contributed by atoms with Crippen LogP contribution in [0.2, 0.25) is 0 Å². The molecule has 0 aromatic carbocycles. The maximum Gasteiger partial charge on any atom is 0.221 e. The first kappa shape index (κ1) is 13.5. The second-order valence-electron chi connectivity index (χ2n) is 6.08. The van der Waals surface area contributed by atoms with Gasteiger partial charge in [-0.3, -0.25) is 4.79 Å². The monoisotopic (exact) mass is 226 g/mol. The predicted octanol–water partition coefficient (Wildman–Crippen LogP) is 2.07. The number of hydrogen-bond donors (Lipinski definition) is 2. The van der Waals surface area contributed by atoms with Crippen LogP contribution in [0, 0.1) is 5.92 Å². The molecule has 1 fully saturated rings. The molecule has 3 nitrogen and oxygen atoms in total. The van der Waals surface area contributed by atoms with Crippen molar-refractivity contribution in [3.8, 4) is 0 Å². The van der Waals surface area contributed by atoms with Gasteiger partial charge in [0.25, 0.3) is 0 Å². The molecule has 16 heavy (non-hydrogen) atoms. The number of hydrogen-bond acceptors (Lipinski definition) is 2. The number of carbonyl (C=O) groups excluding carboxylic acids is 1. The van der Waals surface area contributed by atoms with Crippen LogP contribution >= 0.6 is 0 Å². The van der Waals surface area contributed by atoms with Crippen molar-refractivity contribution in [1.82, 2.24) is 10.6 Å². The number of rotatable bonds is 6. The first-order valence-corrected chi connectivity index (χ1v) is 6.41. The number of nitrogens with one attached hydrogen (secondary N) is 2. The molecule has 0 heterocycles. The topological polar surface area (TPSA) is 41.1 Å². The Hall–Kier alpha value is -0.570. The Labute approximate surface area is 99.4 Å². The van der Waals surface area contributed by atoms with E-state index >= 15 is 0 Å². The zero-order valence-electron chi connectivity index (χ0n) is 11.1. The molecule has 3 heteroatoms. The molecule has 0 aromatic rings. The summed E-state index contributed by atoms with van der Waals surface area (Å²) in [7, 11) is 0. The first-order chi connectivity index (χ1) is 7.37. The molecular weight excluding hydrogens is 200 g/mol. The van der Waals surface area contributed by atoms with Crippen molar-refractivity contribution < 1.29 is 4.79 Å². The molecule has 0 aliphatic heterocycles. The molecule has 1 atom stereocenters. The smallest absolute Gasteiger partial charge is 0.221 e. The molecule has 1 aliphatic rings. The maximum absolute atomic E-state index is 11.5. The summed E-state index contributed by atoms with van der Waals surface area (Å²) in [5.74, 6) is 1.09. The molecule has 1 aliphatic carbocycles. The van der Waals surface area contributed by atoms with Gasteiger partial charge in [-0.25, -0.2) is 0 Å². The predicted molar refractivity (Wildman–Crippen MR) is 67.3 cm³/mol. The summed E-state index contributed by atoms with van der Waals surface area (Å²) in [4.78, 5) is 11.5. The molecule has 0 bridgehead atoms. The van der Waals surface area contributed by atoms with Crippen LogP contribution in [0.5, 0.6) is 0 Å². The minimum Gasteiger partial charge on any atom is -0.351 e.